The molecule has 0 aromatic carbocycles. The molecular weight excluding hydrogens is 236 g/mol. The molecule has 98 valence electrons. The van der Waals surface area contributed by atoms with Crippen molar-refractivity contribution in [2.45, 2.75) is 44.8 Å². The second-order valence-corrected chi connectivity index (χ2v) is 5.00. The lowest BCUT2D eigenvalue weighted by atomic mass is 10.2. The summed E-state index contributed by atoms with van der Waals surface area (Å²) in [5.41, 5.74) is -0.870. The fourth-order valence-corrected chi connectivity index (χ4v) is 1.54. The third-order valence-electron chi connectivity index (χ3n) is 2.17. The van der Waals surface area contributed by atoms with Crippen molar-refractivity contribution in [2.75, 3.05) is 6.54 Å². The van der Waals surface area contributed by atoms with Gasteiger partial charge < -0.3 is 14.6 Å². The molecule has 1 atom stereocenters. The van der Waals surface area contributed by atoms with Crippen molar-refractivity contribution in [1.82, 2.24) is 4.90 Å². The number of rotatable bonds is 1. The van der Waals surface area contributed by atoms with E-state index in [0.29, 0.717) is 4.90 Å². The quantitative estimate of drug-likeness (QED) is 0.674. The molecule has 0 spiro atoms. The number of carbonyl (C=O) groups is 2. The lowest BCUT2D eigenvalue weighted by Gasteiger charge is -2.28. The van der Waals surface area contributed by atoms with Crippen molar-refractivity contribution >= 4 is 12.1 Å². The van der Waals surface area contributed by atoms with E-state index < -0.39 is 42.6 Å². The minimum atomic E-state index is -3.22. The molecule has 5 nitrogen and oxygen atoms in total. The van der Waals surface area contributed by atoms with E-state index in [2.05, 4.69) is 0 Å². The molecule has 0 bridgehead atoms. The zero-order valence-electron chi connectivity index (χ0n) is 9.83. The summed E-state index contributed by atoms with van der Waals surface area (Å²) < 4.78 is 31.0. The van der Waals surface area contributed by atoms with Crippen molar-refractivity contribution in [1.29, 1.82) is 0 Å². The van der Waals surface area contributed by atoms with E-state index in [1.54, 1.807) is 20.8 Å². The molecule has 1 amide bonds. The van der Waals surface area contributed by atoms with E-state index in [9.17, 15) is 23.5 Å². The van der Waals surface area contributed by atoms with Crippen LogP contribution < -0.4 is 5.11 Å². The minimum absolute atomic E-state index is 0.501. The average molecular weight is 250 g/mol. The first-order valence-corrected chi connectivity index (χ1v) is 5.10. The molecule has 1 fully saturated rings. The van der Waals surface area contributed by atoms with Gasteiger partial charge in [-0.15, -0.1) is 0 Å². The fourth-order valence-electron chi connectivity index (χ4n) is 1.54. The molecule has 1 aliphatic rings. The van der Waals surface area contributed by atoms with Crippen LogP contribution in [0.25, 0.3) is 0 Å². The molecule has 1 rings (SSSR count). The Morgan fingerprint density at radius 3 is 2.35 bits per heavy atom. The smallest absolute Gasteiger partial charge is 0.411 e. The number of amides is 1. The topological polar surface area (TPSA) is 69.7 Å². The Morgan fingerprint density at radius 1 is 1.41 bits per heavy atom. The summed E-state index contributed by atoms with van der Waals surface area (Å²) in [5.74, 6) is -4.92. The highest BCUT2D eigenvalue weighted by molar-refractivity contribution is 5.80. The third kappa shape index (κ3) is 3.54. The van der Waals surface area contributed by atoms with Crippen LogP contribution >= 0.6 is 0 Å². The molecule has 0 radical (unpaired) electrons. The predicted octanol–water partition coefficient (Wildman–Crippen LogP) is 0.381. The lowest BCUT2D eigenvalue weighted by molar-refractivity contribution is -0.310. The Kier molecular flexibility index (Phi) is 3.31. The van der Waals surface area contributed by atoms with Crippen LogP contribution in [0.2, 0.25) is 0 Å². The van der Waals surface area contributed by atoms with E-state index in [1.807, 2.05) is 0 Å². The maximum atomic E-state index is 13.1. The van der Waals surface area contributed by atoms with Crippen molar-refractivity contribution in [3.63, 3.8) is 0 Å². The van der Waals surface area contributed by atoms with E-state index in [1.165, 1.54) is 0 Å². The van der Waals surface area contributed by atoms with Gasteiger partial charge in [-0.3, -0.25) is 4.90 Å². The van der Waals surface area contributed by atoms with Crippen LogP contribution in [0.1, 0.15) is 27.2 Å². The van der Waals surface area contributed by atoms with Crippen molar-refractivity contribution < 1.29 is 28.2 Å². The summed E-state index contributed by atoms with van der Waals surface area (Å²) in [4.78, 5) is 22.7. The number of ether oxygens (including phenoxy) is 1. The second kappa shape index (κ2) is 4.12. The highest BCUT2D eigenvalue weighted by Gasteiger charge is 2.48. The summed E-state index contributed by atoms with van der Waals surface area (Å²) in [6.45, 7) is 3.73. The average Bonchev–Trinajstić information content (AvgIpc) is 2.38. The SMILES string of the molecule is CC(C)(C)OC(=O)N1CC(F)(F)CC1C(=O)[O-]. The van der Waals surface area contributed by atoms with Gasteiger partial charge in [0, 0.05) is 6.42 Å². The van der Waals surface area contributed by atoms with Gasteiger partial charge in [-0.1, -0.05) is 0 Å². The first kappa shape index (κ1) is 13.7. The normalized spacial score (nSPS) is 23.6. The molecule has 1 heterocycles. The van der Waals surface area contributed by atoms with Crippen molar-refractivity contribution in [3.8, 4) is 0 Å². The molecular formula is C10H14F2NO4-. The Hall–Kier alpha value is -1.40. The number of carbonyl (C=O) groups excluding carboxylic acids is 2. The molecule has 17 heavy (non-hydrogen) atoms. The van der Waals surface area contributed by atoms with Crippen LogP contribution in [-0.2, 0) is 9.53 Å². The fraction of sp³-hybridized carbons (Fsp3) is 0.800. The number of alkyl halides is 2. The van der Waals surface area contributed by atoms with Gasteiger partial charge in [0.15, 0.2) is 0 Å². The van der Waals surface area contributed by atoms with Gasteiger partial charge in [-0.05, 0) is 20.8 Å². The highest BCUT2D eigenvalue weighted by Crippen LogP contribution is 2.32. The van der Waals surface area contributed by atoms with Crippen LogP contribution in [-0.4, -0.2) is 41.1 Å². The molecule has 0 aliphatic carbocycles. The molecule has 1 unspecified atom stereocenters. The first-order valence-electron chi connectivity index (χ1n) is 5.10. The number of hydrogen-bond acceptors (Lipinski definition) is 4. The Morgan fingerprint density at radius 2 is 1.94 bits per heavy atom. The monoisotopic (exact) mass is 250 g/mol. The zero-order chi connectivity index (χ0) is 13.4. The van der Waals surface area contributed by atoms with E-state index in [0.717, 1.165) is 0 Å². The van der Waals surface area contributed by atoms with Gasteiger partial charge in [0.2, 0.25) is 0 Å². The largest absolute Gasteiger partial charge is 0.548 e. The second-order valence-electron chi connectivity index (χ2n) is 5.00. The molecule has 7 heteroatoms. The number of likely N-dealkylation sites (tertiary alicyclic amines) is 1. The van der Waals surface area contributed by atoms with Crippen LogP contribution in [0.5, 0.6) is 0 Å². The number of hydrogen-bond donors (Lipinski definition) is 0. The molecule has 0 aromatic heterocycles. The van der Waals surface area contributed by atoms with Crippen LogP contribution in [0.4, 0.5) is 13.6 Å². The summed E-state index contributed by atoms with van der Waals surface area (Å²) >= 11 is 0. The Bertz CT molecular complexity index is 338. The van der Waals surface area contributed by atoms with E-state index in [4.69, 9.17) is 4.74 Å². The van der Waals surface area contributed by atoms with Gasteiger partial charge in [0.1, 0.15) is 5.60 Å². The number of carboxylic acid groups (broad SMARTS) is 1. The number of nitrogens with zero attached hydrogens (tertiary/aromatic N) is 1. The minimum Gasteiger partial charge on any atom is -0.548 e. The third-order valence-corrected chi connectivity index (χ3v) is 2.17. The predicted molar refractivity (Wildman–Crippen MR) is 51.3 cm³/mol. The first-order chi connectivity index (χ1) is 7.52. The number of halogens is 2. The maximum Gasteiger partial charge on any atom is 0.411 e. The zero-order valence-corrected chi connectivity index (χ0v) is 9.83. The summed E-state index contributed by atoms with van der Waals surface area (Å²) in [6.07, 6.45) is -2.00. The molecule has 0 N–H and O–H groups in total. The highest BCUT2D eigenvalue weighted by atomic mass is 19.3. The number of carboxylic acids is 1. The molecule has 0 saturated carbocycles. The maximum absolute atomic E-state index is 13.1. The van der Waals surface area contributed by atoms with Gasteiger partial charge in [0.25, 0.3) is 5.92 Å². The lowest BCUT2D eigenvalue weighted by Crippen LogP contribution is -2.48. The van der Waals surface area contributed by atoms with Crippen molar-refractivity contribution in [3.05, 3.63) is 0 Å². The van der Waals surface area contributed by atoms with Gasteiger partial charge >= 0.3 is 6.09 Å². The van der Waals surface area contributed by atoms with Crippen molar-refractivity contribution in [2.24, 2.45) is 0 Å². The number of aliphatic carboxylic acids is 1. The van der Waals surface area contributed by atoms with Crippen LogP contribution in [0.3, 0.4) is 0 Å². The van der Waals surface area contributed by atoms with Crippen LogP contribution in [0.15, 0.2) is 0 Å². The van der Waals surface area contributed by atoms with E-state index in [-0.39, 0.29) is 0 Å². The van der Waals surface area contributed by atoms with Crippen LogP contribution in [0, 0.1) is 0 Å². The summed E-state index contributed by atoms with van der Waals surface area (Å²) in [7, 11) is 0. The molecule has 0 aromatic rings. The molecule has 1 saturated heterocycles. The summed E-state index contributed by atoms with van der Waals surface area (Å²) in [5, 5.41) is 10.7. The Balaban J connectivity index is 2.81. The van der Waals surface area contributed by atoms with Gasteiger partial charge in [-0.2, -0.15) is 0 Å². The van der Waals surface area contributed by atoms with Gasteiger partial charge in [0.05, 0.1) is 18.6 Å². The Labute approximate surface area is 97.3 Å². The standard InChI is InChI=1S/C10H15F2NO4/c1-9(2,3)17-8(16)13-5-10(11,12)4-6(13)7(14)15/h6H,4-5H2,1-3H3,(H,14,15)/p-1. The van der Waals surface area contributed by atoms with E-state index >= 15 is 0 Å². The van der Waals surface area contributed by atoms with Gasteiger partial charge in [-0.25, -0.2) is 13.6 Å². The summed E-state index contributed by atoms with van der Waals surface area (Å²) in [6, 6.07) is -1.64. The molecule has 1 aliphatic heterocycles.